The lowest BCUT2D eigenvalue weighted by atomic mass is 10.1. The Hall–Kier alpha value is -3.69. The Labute approximate surface area is 214 Å². The van der Waals surface area contributed by atoms with Gasteiger partial charge in [0.1, 0.15) is 5.76 Å². The zero-order valence-electron chi connectivity index (χ0n) is 20.0. The molecule has 0 aliphatic heterocycles. The second-order valence-electron chi connectivity index (χ2n) is 8.47. The fraction of sp³-hybridized carbons (Fsp3) is 0.192. The van der Waals surface area contributed by atoms with E-state index in [0.29, 0.717) is 35.2 Å². The number of amides is 1. The molecule has 36 heavy (non-hydrogen) atoms. The van der Waals surface area contributed by atoms with Gasteiger partial charge in [0.2, 0.25) is 15.0 Å². The number of aromatic nitrogens is 2. The highest BCUT2D eigenvalue weighted by Crippen LogP contribution is 2.26. The van der Waals surface area contributed by atoms with Crippen LogP contribution >= 0.6 is 11.6 Å². The molecule has 2 aromatic carbocycles. The molecule has 0 spiro atoms. The third-order valence-corrected chi connectivity index (χ3v) is 6.72. The van der Waals surface area contributed by atoms with Gasteiger partial charge in [-0.2, -0.15) is 0 Å². The Morgan fingerprint density at radius 2 is 1.81 bits per heavy atom. The fourth-order valence-corrected chi connectivity index (χ4v) is 4.20. The molecule has 4 rings (SSSR count). The number of nitrogens with zero attached hydrogens (tertiary/aromatic N) is 3. The minimum atomic E-state index is -3.75. The number of furan rings is 1. The van der Waals surface area contributed by atoms with Crippen LogP contribution in [0.15, 0.2) is 76.6 Å². The van der Waals surface area contributed by atoms with E-state index in [1.807, 2.05) is 49.1 Å². The van der Waals surface area contributed by atoms with Crippen molar-refractivity contribution in [2.45, 2.75) is 32.1 Å². The number of hydrogen-bond donors (Lipinski definition) is 1. The Morgan fingerprint density at radius 1 is 1.06 bits per heavy atom. The highest BCUT2D eigenvalue weighted by molar-refractivity contribution is 7.90. The van der Waals surface area contributed by atoms with E-state index in [9.17, 15) is 13.2 Å². The summed E-state index contributed by atoms with van der Waals surface area (Å²) in [6.45, 7) is 4.58. The minimum Gasteiger partial charge on any atom is -0.467 e. The van der Waals surface area contributed by atoms with Crippen LogP contribution in [0.4, 0.5) is 11.4 Å². The van der Waals surface area contributed by atoms with Crippen LogP contribution in [0.2, 0.25) is 5.02 Å². The van der Waals surface area contributed by atoms with E-state index in [0.717, 1.165) is 22.9 Å². The van der Waals surface area contributed by atoms with E-state index in [4.69, 9.17) is 16.0 Å². The third-order valence-electron chi connectivity index (χ3n) is 5.61. The molecule has 186 valence electrons. The lowest BCUT2D eigenvalue weighted by Gasteiger charge is -2.25. The molecule has 0 aliphatic rings. The molecule has 0 saturated heterocycles. The van der Waals surface area contributed by atoms with Gasteiger partial charge in [0.25, 0.3) is 5.91 Å². The summed E-state index contributed by atoms with van der Waals surface area (Å²) in [6, 6.07) is 16.4. The number of halogens is 1. The minimum absolute atomic E-state index is 0.0656. The number of aryl methyl sites for hydroxylation is 2. The predicted molar refractivity (Wildman–Crippen MR) is 139 cm³/mol. The largest absolute Gasteiger partial charge is 0.467 e. The van der Waals surface area contributed by atoms with Gasteiger partial charge in [0, 0.05) is 23.5 Å². The van der Waals surface area contributed by atoms with Gasteiger partial charge in [-0.3, -0.25) is 4.79 Å². The summed E-state index contributed by atoms with van der Waals surface area (Å²) in [7, 11) is -3.75. The zero-order valence-corrected chi connectivity index (χ0v) is 21.6. The summed E-state index contributed by atoms with van der Waals surface area (Å²) < 4.78 is 30.0. The van der Waals surface area contributed by atoms with E-state index in [1.54, 1.807) is 30.5 Å². The van der Waals surface area contributed by atoms with Crippen LogP contribution in [0.25, 0.3) is 0 Å². The van der Waals surface area contributed by atoms with Crippen molar-refractivity contribution in [1.82, 2.24) is 9.97 Å². The van der Waals surface area contributed by atoms with Crippen LogP contribution < -0.4 is 10.2 Å². The van der Waals surface area contributed by atoms with Crippen molar-refractivity contribution >= 4 is 38.7 Å². The molecule has 1 amide bonds. The molecule has 0 aliphatic carbocycles. The molecule has 2 aromatic heterocycles. The number of carbonyl (C=O) groups excluding carboxylic acids is 1. The number of sulfone groups is 1. The van der Waals surface area contributed by atoms with Gasteiger partial charge < -0.3 is 14.6 Å². The third kappa shape index (κ3) is 6.10. The molecule has 0 unspecified atom stereocenters. The number of rotatable bonds is 8. The number of hydrogen-bond acceptors (Lipinski definition) is 7. The quantitative estimate of drug-likeness (QED) is 0.316. The van der Waals surface area contributed by atoms with E-state index in [2.05, 4.69) is 15.3 Å². The monoisotopic (exact) mass is 524 g/mol. The molecular weight excluding hydrogens is 500 g/mol. The van der Waals surface area contributed by atoms with Gasteiger partial charge in [-0.1, -0.05) is 29.8 Å². The first kappa shape index (κ1) is 25.4. The average molecular weight is 525 g/mol. The Kier molecular flexibility index (Phi) is 7.42. The van der Waals surface area contributed by atoms with Crippen molar-refractivity contribution < 1.29 is 17.6 Å². The van der Waals surface area contributed by atoms with Gasteiger partial charge >= 0.3 is 0 Å². The summed E-state index contributed by atoms with van der Waals surface area (Å²) in [5.41, 5.74) is 3.87. The number of nitrogens with one attached hydrogen (secondary N) is 1. The number of benzene rings is 2. The molecule has 8 nitrogen and oxygen atoms in total. The van der Waals surface area contributed by atoms with Crippen LogP contribution in [0.1, 0.15) is 32.9 Å². The van der Waals surface area contributed by atoms with Gasteiger partial charge in [-0.15, -0.1) is 0 Å². The van der Waals surface area contributed by atoms with Gasteiger partial charge in [-0.05, 0) is 66.9 Å². The molecule has 10 heteroatoms. The van der Waals surface area contributed by atoms with Crippen molar-refractivity contribution in [3.8, 4) is 0 Å². The van der Waals surface area contributed by atoms with Gasteiger partial charge in [-0.25, -0.2) is 18.4 Å². The highest BCUT2D eigenvalue weighted by Gasteiger charge is 2.24. The standard InChI is InChI=1S/C26H25ClN4O4S/c1-17-6-11-21(13-18(17)2)29-25(32)24-23(14-28-26(30-24)36(3,33)34)31(16-22-5-4-12-35-22)15-19-7-9-20(27)10-8-19/h4-14H,15-16H2,1-3H3,(H,29,32). The predicted octanol–water partition coefficient (Wildman–Crippen LogP) is 5.20. The van der Waals surface area contributed by atoms with Gasteiger partial charge in [0.15, 0.2) is 5.69 Å². The lowest BCUT2D eigenvalue weighted by Crippen LogP contribution is -2.27. The first-order valence-corrected chi connectivity index (χ1v) is 13.3. The van der Waals surface area contributed by atoms with Crippen LogP contribution in [0, 0.1) is 13.8 Å². The van der Waals surface area contributed by atoms with Crippen molar-refractivity contribution in [2.24, 2.45) is 0 Å². The number of carbonyl (C=O) groups is 1. The molecule has 0 atom stereocenters. The summed E-state index contributed by atoms with van der Waals surface area (Å²) in [6.07, 6.45) is 3.92. The SMILES string of the molecule is Cc1ccc(NC(=O)c2nc(S(C)(=O)=O)ncc2N(Cc2ccc(Cl)cc2)Cc2ccco2)cc1C. The van der Waals surface area contributed by atoms with Crippen LogP contribution in [0.3, 0.4) is 0 Å². The lowest BCUT2D eigenvalue weighted by molar-refractivity contribution is 0.102. The Bertz CT molecular complexity index is 1490. The smallest absolute Gasteiger partial charge is 0.276 e. The Morgan fingerprint density at radius 3 is 2.44 bits per heavy atom. The molecular formula is C26H25ClN4O4S. The maximum absolute atomic E-state index is 13.5. The van der Waals surface area contributed by atoms with Crippen LogP contribution in [-0.2, 0) is 22.9 Å². The molecule has 0 fully saturated rings. The second-order valence-corrected chi connectivity index (χ2v) is 10.8. The van der Waals surface area contributed by atoms with E-state index < -0.39 is 20.9 Å². The van der Waals surface area contributed by atoms with Crippen molar-refractivity contribution in [3.05, 3.63) is 100 Å². The molecule has 0 bridgehead atoms. The summed E-state index contributed by atoms with van der Waals surface area (Å²) in [5, 5.41) is 3.01. The summed E-state index contributed by atoms with van der Waals surface area (Å²) >= 11 is 6.05. The highest BCUT2D eigenvalue weighted by atomic mass is 35.5. The average Bonchev–Trinajstić information content (AvgIpc) is 3.34. The van der Waals surface area contributed by atoms with Crippen molar-refractivity contribution in [3.63, 3.8) is 0 Å². The van der Waals surface area contributed by atoms with Crippen LogP contribution in [0.5, 0.6) is 0 Å². The first-order chi connectivity index (χ1) is 17.1. The van der Waals surface area contributed by atoms with Gasteiger partial charge in [0.05, 0.1) is 24.7 Å². The molecule has 0 saturated carbocycles. The molecule has 1 N–H and O–H groups in total. The molecule has 4 aromatic rings. The molecule has 2 heterocycles. The van der Waals surface area contributed by atoms with Crippen molar-refractivity contribution in [1.29, 1.82) is 0 Å². The summed E-state index contributed by atoms with van der Waals surface area (Å²) in [4.78, 5) is 23.5. The first-order valence-electron chi connectivity index (χ1n) is 11.1. The Balaban J connectivity index is 1.78. The van der Waals surface area contributed by atoms with E-state index >= 15 is 0 Å². The second kappa shape index (κ2) is 10.5. The molecule has 0 radical (unpaired) electrons. The number of anilines is 2. The van der Waals surface area contributed by atoms with Crippen LogP contribution in [-0.4, -0.2) is 30.5 Å². The topological polar surface area (TPSA) is 105 Å². The van der Waals surface area contributed by atoms with Crippen molar-refractivity contribution in [2.75, 3.05) is 16.5 Å². The van der Waals surface area contributed by atoms with E-state index in [1.165, 1.54) is 6.20 Å². The maximum atomic E-state index is 13.5. The normalized spacial score (nSPS) is 11.3. The maximum Gasteiger partial charge on any atom is 0.276 e. The fourth-order valence-electron chi connectivity index (χ4n) is 3.57. The summed E-state index contributed by atoms with van der Waals surface area (Å²) in [5.74, 6) is 0.0952. The zero-order chi connectivity index (χ0) is 25.9. The van der Waals surface area contributed by atoms with E-state index in [-0.39, 0.29) is 5.69 Å².